The van der Waals surface area contributed by atoms with Gasteiger partial charge < -0.3 is 16.2 Å². The van der Waals surface area contributed by atoms with Gasteiger partial charge >= 0.3 is 0 Å². The molecule has 0 aromatic carbocycles. The van der Waals surface area contributed by atoms with Crippen LogP contribution in [0.4, 0.5) is 0 Å². The molecule has 1 fully saturated rings. The Balaban J connectivity index is 2.42. The smallest absolute Gasteiger partial charge is 0.224 e. The highest BCUT2D eigenvalue weighted by molar-refractivity contribution is 5.79. The topological polar surface area (TPSA) is 75.3 Å². The van der Waals surface area contributed by atoms with Gasteiger partial charge in [-0.25, -0.2) is 0 Å². The van der Waals surface area contributed by atoms with Crippen LogP contribution < -0.4 is 11.1 Å². The third-order valence-electron chi connectivity index (χ3n) is 3.47. The number of nitrogens with two attached hydrogens (primary N) is 1. The van der Waals surface area contributed by atoms with E-state index < -0.39 is 0 Å². The summed E-state index contributed by atoms with van der Waals surface area (Å²) in [7, 11) is 0. The normalized spacial score (nSPS) is 27.4. The summed E-state index contributed by atoms with van der Waals surface area (Å²) in [5.41, 5.74) is 5.96. The Morgan fingerprint density at radius 3 is 2.75 bits per heavy atom. The maximum Gasteiger partial charge on any atom is 0.224 e. The molecule has 4 nitrogen and oxygen atoms in total. The molecule has 0 bridgehead atoms. The van der Waals surface area contributed by atoms with Crippen molar-refractivity contribution in [3.8, 4) is 0 Å². The Morgan fingerprint density at radius 2 is 2.19 bits per heavy atom. The Hall–Kier alpha value is -0.610. The van der Waals surface area contributed by atoms with Crippen molar-refractivity contribution in [3.05, 3.63) is 0 Å². The average Bonchev–Trinajstić information content (AvgIpc) is 2.28. The molecule has 0 aromatic rings. The second-order valence-electron chi connectivity index (χ2n) is 4.68. The summed E-state index contributed by atoms with van der Waals surface area (Å²) >= 11 is 0. The first kappa shape index (κ1) is 13.5. The van der Waals surface area contributed by atoms with E-state index in [0.717, 1.165) is 32.1 Å². The molecule has 4 heteroatoms. The molecule has 0 spiro atoms. The quantitative estimate of drug-likeness (QED) is 0.651. The minimum atomic E-state index is -0.0264. The molecule has 3 atom stereocenters. The van der Waals surface area contributed by atoms with Crippen LogP contribution in [0.25, 0.3) is 0 Å². The van der Waals surface area contributed by atoms with Crippen LogP contribution in [0.2, 0.25) is 0 Å². The molecule has 4 N–H and O–H groups in total. The largest absolute Gasteiger partial charge is 0.396 e. The standard InChI is InChI=1S/C12H24N2O2/c1-2-9(7-8-15)14-12(16)10-5-3-4-6-11(10)13/h9-11,15H,2-8,13H2,1H3,(H,14,16). The molecule has 94 valence electrons. The number of rotatable bonds is 5. The van der Waals surface area contributed by atoms with E-state index in [9.17, 15) is 4.79 Å². The molecular formula is C12H24N2O2. The summed E-state index contributed by atoms with van der Waals surface area (Å²) in [6.07, 6.45) is 5.58. The first-order chi connectivity index (χ1) is 7.69. The first-order valence-electron chi connectivity index (χ1n) is 6.35. The van der Waals surface area contributed by atoms with Crippen molar-refractivity contribution in [2.45, 2.75) is 57.5 Å². The van der Waals surface area contributed by atoms with Gasteiger partial charge in [0.05, 0.1) is 5.92 Å². The highest BCUT2D eigenvalue weighted by Gasteiger charge is 2.28. The van der Waals surface area contributed by atoms with Crippen molar-refractivity contribution >= 4 is 5.91 Å². The molecule has 1 saturated carbocycles. The number of hydrogen-bond acceptors (Lipinski definition) is 3. The van der Waals surface area contributed by atoms with Gasteiger partial charge in [-0.05, 0) is 25.7 Å². The third kappa shape index (κ3) is 3.76. The lowest BCUT2D eigenvalue weighted by Gasteiger charge is -2.29. The molecule has 3 unspecified atom stereocenters. The lowest BCUT2D eigenvalue weighted by molar-refractivity contribution is -0.127. The highest BCUT2D eigenvalue weighted by atomic mass is 16.3. The van der Waals surface area contributed by atoms with E-state index in [-0.39, 0.29) is 30.5 Å². The van der Waals surface area contributed by atoms with Crippen LogP contribution in [-0.4, -0.2) is 29.7 Å². The van der Waals surface area contributed by atoms with Gasteiger partial charge in [0.15, 0.2) is 0 Å². The lowest BCUT2D eigenvalue weighted by Crippen LogP contribution is -2.46. The van der Waals surface area contributed by atoms with Crippen molar-refractivity contribution in [3.63, 3.8) is 0 Å². The number of amides is 1. The van der Waals surface area contributed by atoms with E-state index in [1.165, 1.54) is 0 Å². The zero-order chi connectivity index (χ0) is 12.0. The van der Waals surface area contributed by atoms with Crippen LogP contribution in [0.15, 0.2) is 0 Å². The van der Waals surface area contributed by atoms with Crippen molar-refractivity contribution < 1.29 is 9.90 Å². The van der Waals surface area contributed by atoms with Gasteiger partial charge in [0, 0.05) is 18.7 Å². The second kappa shape index (κ2) is 6.86. The molecule has 0 aliphatic heterocycles. The number of nitrogens with one attached hydrogen (secondary N) is 1. The highest BCUT2D eigenvalue weighted by Crippen LogP contribution is 2.23. The summed E-state index contributed by atoms with van der Waals surface area (Å²) < 4.78 is 0. The van der Waals surface area contributed by atoms with Crippen LogP contribution in [0.5, 0.6) is 0 Å². The predicted molar refractivity (Wildman–Crippen MR) is 63.9 cm³/mol. The molecule has 16 heavy (non-hydrogen) atoms. The minimum Gasteiger partial charge on any atom is -0.396 e. The van der Waals surface area contributed by atoms with E-state index in [1.807, 2.05) is 6.92 Å². The molecule has 1 amide bonds. The lowest BCUT2D eigenvalue weighted by atomic mass is 9.84. The fourth-order valence-electron chi connectivity index (χ4n) is 2.33. The molecule has 0 radical (unpaired) electrons. The first-order valence-corrected chi connectivity index (χ1v) is 6.35. The number of carbonyl (C=O) groups excluding carboxylic acids is 1. The van der Waals surface area contributed by atoms with Gasteiger partial charge in [-0.15, -0.1) is 0 Å². The number of aliphatic hydroxyl groups is 1. The molecule has 0 heterocycles. The van der Waals surface area contributed by atoms with Crippen LogP contribution in [0.3, 0.4) is 0 Å². The molecule has 0 aromatic heterocycles. The summed E-state index contributed by atoms with van der Waals surface area (Å²) in [4.78, 5) is 12.0. The second-order valence-corrected chi connectivity index (χ2v) is 4.68. The van der Waals surface area contributed by atoms with Gasteiger partial charge in [0.2, 0.25) is 5.91 Å². The van der Waals surface area contributed by atoms with E-state index in [2.05, 4.69) is 5.32 Å². The SMILES string of the molecule is CCC(CCO)NC(=O)C1CCCCC1N. The van der Waals surface area contributed by atoms with Crippen molar-refractivity contribution in [1.82, 2.24) is 5.32 Å². The molecular weight excluding hydrogens is 204 g/mol. The number of carbonyl (C=O) groups is 1. The third-order valence-corrected chi connectivity index (χ3v) is 3.47. The van der Waals surface area contributed by atoms with Crippen molar-refractivity contribution in [2.75, 3.05) is 6.61 Å². The summed E-state index contributed by atoms with van der Waals surface area (Å²) in [6, 6.07) is 0.104. The maximum atomic E-state index is 12.0. The molecule has 1 rings (SSSR count). The zero-order valence-corrected chi connectivity index (χ0v) is 10.1. The van der Waals surface area contributed by atoms with Gasteiger partial charge in [0.1, 0.15) is 0 Å². The molecule has 1 aliphatic rings. The van der Waals surface area contributed by atoms with E-state index >= 15 is 0 Å². The van der Waals surface area contributed by atoms with E-state index in [4.69, 9.17) is 10.8 Å². The van der Waals surface area contributed by atoms with Crippen LogP contribution in [-0.2, 0) is 4.79 Å². The molecule has 1 aliphatic carbocycles. The Bertz CT molecular complexity index is 221. The predicted octanol–water partition coefficient (Wildman–Crippen LogP) is 0.781. The van der Waals surface area contributed by atoms with Gasteiger partial charge in [-0.2, -0.15) is 0 Å². The van der Waals surface area contributed by atoms with Crippen molar-refractivity contribution in [1.29, 1.82) is 0 Å². The Morgan fingerprint density at radius 1 is 1.50 bits per heavy atom. The summed E-state index contributed by atoms with van der Waals surface area (Å²) in [6.45, 7) is 2.14. The fraction of sp³-hybridized carbons (Fsp3) is 0.917. The minimum absolute atomic E-state index is 0.0142. The maximum absolute atomic E-state index is 12.0. The zero-order valence-electron chi connectivity index (χ0n) is 10.1. The Kier molecular flexibility index (Phi) is 5.77. The van der Waals surface area contributed by atoms with E-state index in [0.29, 0.717) is 6.42 Å². The van der Waals surface area contributed by atoms with Crippen LogP contribution in [0, 0.1) is 5.92 Å². The van der Waals surface area contributed by atoms with Gasteiger partial charge in [0.25, 0.3) is 0 Å². The monoisotopic (exact) mass is 228 g/mol. The van der Waals surface area contributed by atoms with Gasteiger partial charge in [-0.1, -0.05) is 19.8 Å². The van der Waals surface area contributed by atoms with Crippen molar-refractivity contribution in [2.24, 2.45) is 11.7 Å². The number of hydrogen-bond donors (Lipinski definition) is 3. The summed E-state index contributed by atoms with van der Waals surface area (Å²) in [5.74, 6) is 0.0500. The van der Waals surface area contributed by atoms with E-state index in [1.54, 1.807) is 0 Å². The van der Waals surface area contributed by atoms with Crippen LogP contribution >= 0.6 is 0 Å². The average molecular weight is 228 g/mol. The number of aliphatic hydroxyl groups excluding tert-OH is 1. The van der Waals surface area contributed by atoms with Crippen LogP contribution in [0.1, 0.15) is 45.4 Å². The fourth-order valence-corrected chi connectivity index (χ4v) is 2.33. The van der Waals surface area contributed by atoms with Gasteiger partial charge in [-0.3, -0.25) is 4.79 Å². The molecule has 0 saturated heterocycles. The summed E-state index contributed by atoms with van der Waals surface area (Å²) in [5, 5.41) is 11.9. The Labute approximate surface area is 97.6 Å².